The van der Waals surface area contributed by atoms with Crippen molar-refractivity contribution in [1.82, 2.24) is 9.55 Å². The Morgan fingerprint density at radius 1 is 1.12 bits per heavy atom. The van der Waals surface area contributed by atoms with Gasteiger partial charge in [0.1, 0.15) is 10.6 Å². The highest BCUT2D eigenvalue weighted by Gasteiger charge is 2.32. The average Bonchev–Trinajstić information content (AvgIpc) is 3.34. The van der Waals surface area contributed by atoms with Crippen LogP contribution in [0.25, 0.3) is 15.9 Å². The molecule has 220 valence electrons. The molecule has 8 nitrogen and oxygen atoms in total. The van der Waals surface area contributed by atoms with Crippen molar-refractivity contribution in [3.63, 3.8) is 0 Å². The highest BCUT2D eigenvalue weighted by molar-refractivity contribution is 7.99. The molecule has 1 amide bonds. The van der Waals surface area contributed by atoms with E-state index in [1.165, 1.54) is 16.6 Å². The maximum absolute atomic E-state index is 14.1. The van der Waals surface area contributed by atoms with E-state index in [-0.39, 0.29) is 22.6 Å². The number of benzene rings is 2. The summed E-state index contributed by atoms with van der Waals surface area (Å²) in [7, 11) is 1.60. The second-order valence-electron chi connectivity index (χ2n) is 11.4. The number of nitrogens with one attached hydrogen (secondary N) is 1. The molecular formula is C32H35N3O5S2. The zero-order valence-electron chi connectivity index (χ0n) is 24.5. The molecule has 10 heteroatoms. The number of nitrogens with zero attached hydrogens (tertiary/aromatic N) is 2. The van der Waals surface area contributed by atoms with Crippen LogP contribution in [0.5, 0.6) is 5.75 Å². The number of thiophene rings is 1. The number of aryl methyl sites for hydroxylation is 1. The number of thioether (sulfide) groups is 1. The predicted molar refractivity (Wildman–Crippen MR) is 168 cm³/mol. The lowest BCUT2D eigenvalue weighted by Gasteiger charge is -2.33. The first-order chi connectivity index (χ1) is 20.1. The highest BCUT2D eigenvalue weighted by Crippen LogP contribution is 2.42. The number of ether oxygens (including phenoxy) is 2. The minimum atomic E-state index is -0.409. The van der Waals surface area contributed by atoms with Crippen molar-refractivity contribution in [2.24, 2.45) is 11.3 Å². The molecule has 2 aromatic carbocycles. The number of anilines is 1. The van der Waals surface area contributed by atoms with Gasteiger partial charge in [0.25, 0.3) is 5.56 Å². The van der Waals surface area contributed by atoms with E-state index in [4.69, 9.17) is 14.5 Å². The van der Waals surface area contributed by atoms with Crippen LogP contribution in [0.4, 0.5) is 5.69 Å². The summed E-state index contributed by atoms with van der Waals surface area (Å²) in [5.74, 6) is 0.617. The van der Waals surface area contributed by atoms with Gasteiger partial charge in [0.15, 0.2) is 5.16 Å². The Labute approximate surface area is 253 Å². The van der Waals surface area contributed by atoms with Crippen LogP contribution in [0, 0.1) is 11.3 Å². The molecule has 0 spiro atoms. The number of rotatable bonds is 8. The average molecular weight is 606 g/mol. The summed E-state index contributed by atoms with van der Waals surface area (Å²) in [6.45, 7) is 8.87. The SMILES string of the molecule is CCOC(=O)c1ccc(NC(=O)CSc2nc3sc4c(c3c(=O)n2-c2ccc(OC)cc2)CCC(C(C)(C)C)C4)cc1. The smallest absolute Gasteiger partial charge is 0.338 e. The van der Waals surface area contributed by atoms with Gasteiger partial charge in [-0.2, -0.15) is 0 Å². The maximum Gasteiger partial charge on any atom is 0.338 e. The summed E-state index contributed by atoms with van der Waals surface area (Å²) in [5, 5.41) is 4.00. The molecule has 0 radical (unpaired) electrons. The van der Waals surface area contributed by atoms with Gasteiger partial charge in [0.05, 0.1) is 36.1 Å². The molecule has 2 heterocycles. The number of amides is 1. The Kier molecular flexibility index (Phi) is 8.75. The molecule has 1 aliphatic rings. The summed E-state index contributed by atoms with van der Waals surface area (Å²) in [5.41, 5.74) is 2.83. The van der Waals surface area contributed by atoms with Crippen molar-refractivity contribution in [2.45, 2.75) is 52.1 Å². The molecule has 0 saturated heterocycles. The molecule has 2 aromatic heterocycles. The number of methoxy groups -OCH3 is 1. The van der Waals surface area contributed by atoms with E-state index in [1.807, 2.05) is 24.3 Å². The van der Waals surface area contributed by atoms with Gasteiger partial charge >= 0.3 is 5.97 Å². The molecule has 4 aromatic rings. The summed E-state index contributed by atoms with van der Waals surface area (Å²) < 4.78 is 11.9. The number of esters is 1. The third-order valence-electron chi connectivity index (χ3n) is 7.62. The van der Waals surface area contributed by atoms with Gasteiger partial charge in [0, 0.05) is 10.6 Å². The molecule has 42 heavy (non-hydrogen) atoms. The van der Waals surface area contributed by atoms with Gasteiger partial charge in [-0.1, -0.05) is 32.5 Å². The standard InChI is InChI=1S/C32H35N3O5S2/c1-6-40-30(38)19-7-10-21(11-8-19)33-26(36)18-41-31-34-28-27(24-16-9-20(32(2,3)4)17-25(24)42-28)29(37)35(31)22-12-14-23(39-5)15-13-22/h7-8,10-15,20H,6,9,16-18H2,1-5H3,(H,33,36). The fourth-order valence-electron chi connectivity index (χ4n) is 5.23. The predicted octanol–water partition coefficient (Wildman–Crippen LogP) is 6.51. The lowest BCUT2D eigenvalue weighted by atomic mass is 9.72. The largest absolute Gasteiger partial charge is 0.497 e. The number of carbonyl (C=O) groups excluding carboxylic acids is 2. The van der Waals surface area contributed by atoms with E-state index >= 15 is 0 Å². The van der Waals surface area contributed by atoms with Crippen molar-refractivity contribution >= 4 is 50.9 Å². The second kappa shape index (κ2) is 12.3. The molecule has 1 unspecified atom stereocenters. The number of hydrogen-bond acceptors (Lipinski definition) is 8. The molecule has 1 aliphatic carbocycles. The molecule has 5 rings (SSSR count). The van der Waals surface area contributed by atoms with E-state index in [1.54, 1.807) is 54.2 Å². The molecule has 0 bridgehead atoms. The zero-order valence-corrected chi connectivity index (χ0v) is 26.1. The van der Waals surface area contributed by atoms with Crippen molar-refractivity contribution < 1.29 is 19.1 Å². The van der Waals surface area contributed by atoms with Gasteiger partial charge in [0.2, 0.25) is 5.91 Å². The number of aromatic nitrogens is 2. The first-order valence-electron chi connectivity index (χ1n) is 14.0. The van der Waals surface area contributed by atoms with Crippen LogP contribution in [0.3, 0.4) is 0 Å². The lowest BCUT2D eigenvalue weighted by Crippen LogP contribution is -2.27. The fraction of sp³-hybridized carbons (Fsp3) is 0.375. The Hall–Kier alpha value is -3.63. The van der Waals surface area contributed by atoms with Crippen LogP contribution in [0.1, 0.15) is 54.9 Å². The van der Waals surface area contributed by atoms with Crippen molar-refractivity contribution in [2.75, 3.05) is 24.8 Å². The Morgan fingerprint density at radius 3 is 2.48 bits per heavy atom. The summed E-state index contributed by atoms with van der Waals surface area (Å²) in [6, 6.07) is 13.8. The van der Waals surface area contributed by atoms with E-state index in [0.717, 1.165) is 29.7 Å². The third kappa shape index (κ3) is 6.24. The molecule has 1 atom stereocenters. The van der Waals surface area contributed by atoms with Crippen LogP contribution >= 0.6 is 23.1 Å². The van der Waals surface area contributed by atoms with E-state index in [2.05, 4.69) is 26.1 Å². The van der Waals surface area contributed by atoms with E-state index < -0.39 is 5.97 Å². The molecular weight excluding hydrogens is 571 g/mol. The van der Waals surface area contributed by atoms with Crippen LogP contribution < -0.4 is 15.6 Å². The van der Waals surface area contributed by atoms with Crippen LogP contribution in [-0.2, 0) is 22.4 Å². The summed E-state index contributed by atoms with van der Waals surface area (Å²) in [4.78, 5) is 45.9. The fourth-order valence-corrected chi connectivity index (χ4v) is 7.39. The highest BCUT2D eigenvalue weighted by atomic mass is 32.2. The van der Waals surface area contributed by atoms with Gasteiger partial charge in [-0.05, 0) is 91.6 Å². The summed E-state index contributed by atoms with van der Waals surface area (Å²) >= 11 is 2.82. The quantitative estimate of drug-likeness (QED) is 0.139. The zero-order chi connectivity index (χ0) is 30.0. The number of hydrogen-bond donors (Lipinski definition) is 1. The van der Waals surface area contributed by atoms with E-state index in [9.17, 15) is 14.4 Å². The van der Waals surface area contributed by atoms with Gasteiger partial charge < -0.3 is 14.8 Å². The minimum Gasteiger partial charge on any atom is -0.497 e. The first-order valence-corrected chi connectivity index (χ1v) is 15.8. The normalized spacial score (nSPS) is 14.8. The first kappa shape index (κ1) is 29.8. The molecule has 0 fully saturated rings. The number of fused-ring (bicyclic) bond motifs is 3. The summed E-state index contributed by atoms with van der Waals surface area (Å²) in [6.07, 6.45) is 2.85. The van der Waals surface area contributed by atoms with E-state index in [0.29, 0.717) is 45.8 Å². The van der Waals surface area contributed by atoms with Gasteiger partial charge in [-0.15, -0.1) is 11.3 Å². The monoisotopic (exact) mass is 605 g/mol. The van der Waals surface area contributed by atoms with Crippen LogP contribution in [-0.4, -0.2) is 40.9 Å². The van der Waals surface area contributed by atoms with Crippen LogP contribution in [0.2, 0.25) is 0 Å². The van der Waals surface area contributed by atoms with Gasteiger partial charge in [-0.25, -0.2) is 9.78 Å². The number of carbonyl (C=O) groups is 2. The van der Waals surface area contributed by atoms with Crippen molar-refractivity contribution in [3.8, 4) is 11.4 Å². The third-order valence-corrected chi connectivity index (χ3v) is 9.71. The van der Waals surface area contributed by atoms with Gasteiger partial charge in [-0.3, -0.25) is 14.2 Å². The second-order valence-corrected chi connectivity index (χ2v) is 13.4. The Morgan fingerprint density at radius 2 is 1.83 bits per heavy atom. The molecule has 0 aliphatic heterocycles. The maximum atomic E-state index is 14.1. The van der Waals surface area contributed by atoms with Crippen molar-refractivity contribution in [1.29, 1.82) is 0 Å². The Balaban J connectivity index is 1.44. The lowest BCUT2D eigenvalue weighted by molar-refractivity contribution is -0.113. The molecule has 0 saturated carbocycles. The molecule has 1 N–H and O–H groups in total. The topological polar surface area (TPSA) is 99.5 Å². The Bertz CT molecular complexity index is 1670. The van der Waals surface area contributed by atoms with Crippen LogP contribution in [0.15, 0.2) is 58.5 Å². The van der Waals surface area contributed by atoms with Crippen molar-refractivity contribution in [3.05, 3.63) is 74.9 Å². The minimum absolute atomic E-state index is 0.0465.